The van der Waals surface area contributed by atoms with Crippen LogP contribution in [0.15, 0.2) is 18.2 Å². The highest BCUT2D eigenvalue weighted by atomic mass is 16.6. The molecule has 0 radical (unpaired) electrons. The second kappa shape index (κ2) is 7.11. The third-order valence-electron chi connectivity index (χ3n) is 3.51. The molecule has 0 saturated heterocycles. The normalized spacial score (nSPS) is 17.7. The van der Waals surface area contributed by atoms with Crippen molar-refractivity contribution in [3.8, 4) is 0 Å². The molecule has 1 aromatic carbocycles. The average Bonchev–Trinajstić information content (AvgIpc) is 2.44. The Morgan fingerprint density at radius 2 is 2.23 bits per heavy atom. The minimum Gasteiger partial charge on any atom is -0.444 e. The van der Waals surface area contributed by atoms with E-state index >= 15 is 0 Å². The SMILES string of the molecule is CC(C)(C)OC(=O)NCC1OCCc2cccc(CCO)c21. The maximum absolute atomic E-state index is 11.8. The van der Waals surface area contributed by atoms with E-state index in [1.165, 1.54) is 5.56 Å². The second-order valence-electron chi connectivity index (χ2n) is 6.46. The lowest BCUT2D eigenvalue weighted by molar-refractivity contribution is 0.0283. The molecule has 1 heterocycles. The fourth-order valence-electron chi connectivity index (χ4n) is 2.68. The van der Waals surface area contributed by atoms with Crippen molar-refractivity contribution in [2.75, 3.05) is 19.8 Å². The summed E-state index contributed by atoms with van der Waals surface area (Å²) in [5.41, 5.74) is 2.89. The van der Waals surface area contributed by atoms with E-state index in [1.54, 1.807) is 0 Å². The maximum Gasteiger partial charge on any atom is 0.407 e. The van der Waals surface area contributed by atoms with Gasteiger partial charge in [-0.1, -0.05) is 18.2 Å². The predicted octanol–water partition coefficient (Wildman–Crippen LogP) is 2.36. The first-order chi connectivity index (χ1) is 10.4. The van der Waals surface area contributed by atoms with Crippen LogP contribution in [-0.2, 0) is 22.3 Å². The highest BCUT2D eigenvalue weighted by Gasteiger charge is 2.25. The zero-order chi connectivity index (χ0) is 16.2. The molecule has 22 heavy (non-hydrogen) atoms. The van der Waals surface area contributed by atoms with Crippen molar-refractivity contribution in [1.29, 1.82) is 0 Å². The van der Waals surface area contributed by atoms with Gasteiger partial charge >= 0.3 is 6.09 Å². The summed E-state index contributed by atoms with van der Waals surface area (Å²) < 4.78 is 11.1. The number of carbonyl (C=O) groups excluding carboxylic acids is 1. The minimum atomic E-state index is -0.516. The van der Waals surface area contributed by atoms with Gasteiger partial charge in [0, 0.05) is 6.61 Å². The highest BCUT2D eigenvalue weighted by Crippen LogP contribution is 2.30. The lowest BCUT2D eigenvalue weighted by Gasteiger charge is -2.29. The van der Waals surface area contributed by atoms with Gasteiger partial charge in [0.25, 0.3) is 0 Å². The maximum atomic E-state index is 11.8. The van der Waals surface area contributed by atoms with E-state index in [1.807, 2.05) is 32.9 Å². The van der Waals surface area contributed by atoms with Crippen molar-refractivity contribution >= 4 is 6.09 Å². The first kappa shape index (κ1) is 16.8. The molecule has 5 nitrogen and oxygen atoms in total. The molecule has 0 aromatic heterocycles. The standard InChI is InChI=1S/C17H25NO4/c1-17(2,3)22-16(20)18-11-14-15-12(7-9-19)5-4-6-13(15)8-10-21-14/h4-6,14,19H,7-11H2,1-3H3,(H,18,20). The lowest BCUT2D eigenvalue weighted by Crippen LogP contribution is -2.36. The van der Waals surface area contributed by atoms with Gasteiger partial charge in [-0.3, -0.25) is 0 Å². The summed E-state index contributed by atoms with van der Waals surface area (Å²) in [4.78, 5) is 11.8. The number of nitrogens with one attached hydrogen (secondary N) is 1. The number of aliphatic hydroxyl groups is 1. The third kappa shape index (κ3) is 4.45. The fraction of sp³-hybridized carbons (Fsp3) is 0.588. The lowest BCUT2D eigenvalue weighted by atomic mass is 9.91. The number of ether oxygens (including phenoxy) is 2. The highest BCUT2D eigenvalue weighted by molar-refractivity contribution is 5.67. The van der Waals surface area contributed by atoms with Crippen LogP contribution in [-0.4, -0.2) is 36.6 Å². The van der Waals surface area contributed by atoms with Gasteiger partial charge in [0.15, 0.2) is 0 Å². The van der Waals surface area contributed by atoms with E-state index in [9.17, 15) is 9.90 Å². The molecule has 1 aromatic rings. The molecule has 122 valence electrons. The van der Waals surface area contributed by atoms with Crippen LogP contribution in [0.5, 0.6) is 0 Å². The van der Waals surface area contributed by atoms with Crippen LogP contribution in [0.25, 0.3) is 0 Å². The van der Waals surface area contributed by atoms with E-state index < -0.39 is 11.7 Å². The van der Waals surface area contributed by atoms with Gasteiger partial charge in [0.2, 0.25) is 0 Å². The van der Waals surface area contributed by atoms with E-state index in [0.717, 1.165) is 17.5 Å². The Morgan fingerprint density at radius 1 is 1.45 bits per heavy atom. The molecule has 2 rings (SSSR count). The Bertz CT molecular complexity index is 522. The predicted molar refractivity (Wildman–Crippen MR) is 83.9 cm³/mol. The Morgan fingerprint density at radius 3 is 2.91 bits per heavy atom. The number of carbonyl (C=O) groups is 1. The van der Waals surface area contributed by atoms with Crippen molar-refractivity contribution < 1.29 is 19.4 Å². The molecule has 1 aliphatic heterocycles. The molecule has 0 fully saturated rings. The number of rotatable bonds is 4. The molecule has 5 heteroatoms. The second-order valence-corrected chi connectivity index (χ2v) is 6.46. The summed E-state index contributed by atoms with van der Waals surface area (Å²) in [6.07, 6.45) is 0.814. The molecule has 0 spiro atoms. The number of benzene rings is 1. The number of alkyl carbamates (subject to hydrolysis) is 1. The van der Waals surface area contributed by atoms with Gasteiger partial charge in [-0.05, 0) is 50.3 Å². The van der Waals surface area contributed by atoms with E-state index in [0.29, 0.717) is 19.6 Å². The molecule has 1 atom stereocenters. The number of aliphatic hydroxyl groups excluding tert-OH is 1. The zero-order valence-corrected chi connectivity index (χ0v) is 13.5. The summed E-state index contributed by atoms with van der Waals surface area (Å²) in [5, 5.41) is 12.0. The molecule has 1 aliphatic rings. The van der Waals surface area contributed by atoms with Crippen molar-refractivity contribution in [1.82, 2.24) is 5.32 Å². The third-order valence-corrected chi connectivity index (χ3v) is 3.51. The Balaban J connectivity index is 2.07. The van der Waals surface area contributed by atoms with Crippen LogP contribution >= 0.6 is 0 Å². The smallest absolute Gasteiger partial charge is 0.407 e. The molecule has 2 N–H and O–H groups in total. The monoisotopic (exact) mass is 307 g/mol. The number of hydrogen-bond donors (Lipinski definition) is 2. The van der Waals surface area contributed by atoms with E-state index in [2.05, 4.69) is 11.4 Å². The fourth-order valence-corrected chi connectivity index (χ4v) is 2.68. The molecule has 1 amide bonds. The van der Waals surface area contributed by atoms with Crippen LogP contribution < -0.4 is 5.32 Å². The van der Waals surface area contributed by atoms with Crippen molar-refractivity contribution in [2.45, 2.75) is 45.3 Å². The number of fused-ring (bicyclic) bond motifs is 1. The summed E-state index contributed by atoms with van der Waals surface area (Å²) in [6.45, 7) is 6.60. The molecular formula is C17H25NO4. The Kier molecular flexibility index (Phi) is 5.42. The zero-order valence-electron chi connectivity index (χ0n) is 13.5. The van der Waals surface area contributed by atoms with Gasteiger partial charge in [-0.25, -0.2) is 4.79 Å². The van der Waals surface area contributed by atoms with Crippen LogP contribution in [0.3, 0.4) is 0 Å². The summed E-state index contributed by atoms with van der Waals surface area (Å²) in [6, 6.07) is 6.09. The van der Waals surface area contributed by atoms with Crippen LogP contribution in [0.2, 0.25) is 0 Å². The van der Waals surface area contributed by atoms with Gasteiger partial charge < -0.3 is 19.9 Å². The van der Waals surface area contributed by atoms with Crippen LogP contribution in [0, 0.1) is 0 Å². The molecule has 0 saturated carbocycles. The first-order valence-corrected chi connectivity index (χ1v) is 7.70. The van der Waals surface area contributed by atoms with Gasteiger partial charge in [-0.2, -0.15) is 0 Å². The largest absolute Gasteiger partial charge is 0.444 e. The number of amides is 1. The van der Waals surface area contributed by atoms with Crippen LogP contribution in [0.1, 0.15) is 43.6 Å². The Labute approximate surface area is 131 Å². The van der Waals surface area contributed by atoms with Gasteiger partial charge in [-0.15, -0.1) is 0 Å². The molecule has 0 aliphatic carbocycles. The van der Waals surface area contributed by atoms with Crippen molar-refractivity contribution in [2.24, 2.45) is 0 Å². The molecule has 1 unspecified atom stereocenters. The van der Waals surface area contributed by atoms with Crippen molar-refractivity contribution in [3.05, 3.63) is 34.9 Å². The summed E-state index contributed by atoms with van der Waals surface area (Å²) in [5.74, 6) is 0. The quantitative estimate of drug-likeness (QED) is 0.896. The summed E-state index contributed by atoms with van der Waals surface area (Å²) >= 11 is 0. The van der Waals surface area contributed by atoms with E-state index in [4.69, 9.17) is 9.47 Å². The molecule has 0 bridgehead atoms. The Hall–Kier alpha value is -1.59. The van der Waals surface area contributed by atoms with Crippen molar-refractivity contribution in [3.63, 3.8) is 0 Å². The number of hydrogen-bond acceptors (Lipinski definition) is 4. The summed E-state index contributed by atoms with van der Waals surface area (Å²) in [7, 11) is 0. The average molecular weight is 307 g/mol. The first-order valence-electron chi connectivity index (χ1n) is 7.70. The minimum absolute atomic E-state index is 0.0999. The van der Waals surface area contributed by atoms with Crippen LogP contribution in [0.4, 0.5) is 4.79 Å². The van der Waals surface area contributed by atoms with E-state index in [-0.39, 0.29) is 12.7 Å². The molecular weight excluding hydrogens is 282 g/mol. The van der Waals surface area contributed by atoms with Gasteiger partial charge in [0.05, 0.1) is 13.2 Å². The van der Waals surface area contributed by atoms with Gasteiger partial charge in [0.1, 0.15) is 11.7 Å². The topological polar surface area (TPSA) is 67.8 Å².